The van der Waals surface area contributed by atoms with E-state index in [-0.39, 0.29) is 11.3 Å². The third kappa shape index (κ3) is 4.48. The maximum absolute atomic E-state index is 13.5. The normalized spacial score (nSPS) is 13.1. The van der Waals surface area contributed by atoms with Crippen LogP contribution in [0.25, 0.3) is 5.57 Å². The summed E-state index contributed by atoms with van der Waals surface area (Å²) >= 11 is 0. The van der Waals surface area contributed by atoms with Crippen molar-refractivity contribution in [2.75, 3.05) is 23.4 Å². The van der Waals surface area contributed by atoms with Gasteiger partial charge in [0.2, 0.25) is 0 Å². The van der Waals surface area contributed by atoms with E-state index in [1.165, 1.54) is 0 Å². The molecule has 1 N–H and O–H groups in total. The van der Waals surface area contributed by atoms with Crippen LogP contribution in [0.1, 0.15) is 25.0 Å². The van der Waals surface area contributed by atoms with Gasteiger partial charge in [-0.25, -0.2) is 4.90 Å². The summed E-state index contributed by atoms with van der Waals surface area (Å²) in [5, 5.41) is 12.2. The first-order valence-corrected chi connectivity index (χ1v) is 10.9. The van der Waals surface area contributed by atoms with Gasteiger partial charge in [0.1, 0.15) is 17.2 Å². The molecule has 0 saturated heterocycles. The van der Waals surface area contributed by atoms with E-state index in [1.54, 1.807) is 72.8 Å². The maximum Gasteiger partial charge on any atom is 0.282 e. The monoisotopic (exact) mass is 453 g/mol. The summed E-state index contributed by atoms with van der Waals surface area (Å²) in [5.41, 5.74) is 2.49. The number of carbonyl (C=O) groups is 2. The average molecular weight is 453 g/mol. The number of nitrogens with one attached hydrogen (secondary N) is 1. The van der Waals surface area contributed by atoms with Crippen molar-refractivity contribution in [3.05, 3.63) is 89.6 Å². The Morgan fingerprint density at radius 3 is 1.88 bits per heavy atom. The van der Waals surface area contributed by atoms with Crippen molar-refractivity contribution in [3.63, 3.8) is 0 Å². The molecule has 7 nitrogen and oxygen atoms in total. The molecule has 1 aliphatic heterocycles. The quantitative estimate of drug-likeness (QED) is 0.495. The standard InChI is InChI=1S/C27H23N3O4/c1-3-33-22-13-7-19(8-14-22)24-25(29-20-9-15-23(16-10-20)34-4-2)27(32)30(26(24)31)21-11-5-18(17-28)6-12-21/h5-16,29H,3-4H2,1-2H3. The molecular formula is C27H23N3O4. The maximum atomic E-state index is 13.5. The SMILES string of the molecule is CCOc1ccc(NC2=C(c3ccc(OCC)cc3)C(=O)N(c3ccc(C#N)cc3)C2=O)cc1. The lowest BCUT2D eigenvalue weighted by Crippen LogP contribution is -2.32. The fourth-order valence-corrected chi connectivity index (χ4v) is 3.66. The Morgan fingerprint density at radius 1 is 0.794 bits per heavy atom. The molecule has 170 valence electrons. The van der Waals surface area contributed by atoms with Gasteiger partial charge in [0.15, 0.2) is 0 Å². The van der Waals surface area contributed by atoms with Crippen LogP contribution in [0.3, 0.4) is 0 Å². The van der Waals surface area contributed by atoms with E-state index >= 15 is 0 Å². The van der Waals surface area contributed by atoms with Crippen LogP contribution in [-0.4, -0.2) is 25.0 Å². The number of amides is 2. The summed E-state index contributed by atoms with van der Waals surface area (Å²) in [4.78, 5) is 28.1. The zero-order valence-electron chi connectivity index (χ0n) is 18.9. The molecule has 1 heterocycles. The van der Waals surface area contributed by atoms with Gasteiger partial charge in [0.25, 0.3) is 11.8 Å². The molecule has 0 spiro atoms. The van der Waals surface area contributed by atoms with Gasteiger partial charge in [-0.15, -0.1) is 0 Å². The van der Waals surface area contributed by atoms with Crippen LogP contribution in [-0.2, 0) is 9.59 Å². The van der Waals surface area contributed by atoms with Crippen LogP contribution in [0.15, 0.2) is 78.5 Å². The lowest BCUT2D eigenvalue weighted by molar-refractivity contribution is -0.120. The fourth-order valence-electron chi connectivity index (χ4n) is 3.66. The van der Waals surface area contributed by atoms with Gasteiger partial charge in [-0.1, -0.05) is 12.1 Å². The number of anilines is 2. The van der Waals surface area contributed by atoms with Crippen LogP contribution in [0.5, 0.6) is 11.5 Å². The van der Waals surface area contributed by atoms with Crippen LogP contribution >= 0.6 is 0 Å². The Hall–Kier alpha value is -4.57. The van der Waals surface area contributed by atoms with E-state index in [9.17, 15) is 9.59 Å². The molecular weight excluding hydrogens is 430 g/mol. The van der Waals surface area contributed by atoms with Gasteiger partial charge >= 0.3 is 0 Å². The summed E-state index contributed by atoms with van der Waals surface area (Å²) < 4.78 is 11.0. The molecule has 0 saturated carbocycles. The molecule has 2 amide bonds. The minimum absolute atomic E-state index is 0.169. The van der Waals surface area contributed by atoms with Gasteiger partial charge in [-0.3, -0.25) is 9.59 Å². The molecule has 1 aliphatic rings. The molecule has 7 heteroatoms. The molecule has 0 bridgehead atoms. The fraction of sp³-hybridized carbons (Fsp3) is 0.148. The summed E-state index contributed by atoms with van der Waals surface area (Å²) in [5.74, 6) is 0.454. The summed E-state index contributed by atoms with van der Waals surface area (Å²) in [7, 11) is 0. The smallest absolute Gasteiger partial charge is 0.282 e. The zero-order valence-corrected chi connectivity index (χ0v) is 18.9. The Morgan fingerprint density at radius 2 is 1.35 bits per heavy atom. The van der Waals surface area contributed by atoms with Gasteiger partial charge in [0.05, 0.1) is 36.1 Å². The second-order valence-electron chi connectivity index (χ2n) is 7.39. The second-order valence-corrected chi connectivity index (χ2v) is 7.39. The number of carbonyl (C=O) groups excluding carboxylic acids is 2. The van der Waals surface area contributed by atoms with Gasteiger partial charge in [-0.05, 0) is 80.1 Å². The van der Waals surface area contributed by atoms with Gasteiger partial charge < -0.3 is 14.8 Å². The number of hydrogen-bond donors (Lipinski definition) is 1. The van der Waals surface area contributed by atoms with Crippen molar-refractivity contribution in [1.29, 1.82) is 5.26 Å². The van der Waals surface area contributed by atoms with E-state index in [0.717, 1.165) is 4.90 Å². The molecule has 3 aromatic carbocycles. The average Bonchev–Trinajstić information content (AvgIpc) is 3.10. The van der Waals surface area contributed by atoms with E-state index < -0.39 is 11.8 Å². The van der Waals surface area contributed by atoms with Crippen LogP contribution in [0, 0.1) is 11.3 Å². The predicted octanol–water partition coefficient (Wildman–Crippen LogP) is 4.75. The number of nitriles is 1. The van der Waals surface area contributed by atoms with Crippen molar-refractivity contribution in [3.8, 4) is 17.6 Å². The first-order valence-electron chi connectivity index (χ1n) is 10.9. The molecule has 0 fully saturated rings. The Labute approximate surface area is 197 Å². The van der Waals surface area contributed by atoms with E-state index in [2.05, 4.69) is 5.32 Å². The molecule has 0 aliphatic carbocycles. The third-order valence-corrected chi connectivity index (χ3v) is 5.23. The van der Waals surface area contributed by atoms with E-state index in [1.807, 2.05) is 19.9 Å². The van der Waals surface area contributed by atoms with E-state index in [0.29, 0.717) is 47.2 Å². The molecule has 0 unspecified atom stereocenters. The lowest BCUT2D eigenvalue weighted by Gasteiger charge is -2.15. The van der Waals surface area contributed by atoms with Crippen molar-refractivity contribution in [2.24, 2.45) is 0 Å². The Balaban J connectivity index is 1.74. The third-order valence-electron chi connectivity index (χ3n) is 5.23. The van der Waals surface area contributed by atoms with Crippen LogP contribution in [0.4, 0.5) is 11.4 Å². The Bertz CT molecular complexity index is 1270. The first kappa shape index (κ1) is 22.6. The Kier molecular flexibility index (Phi) is 6.60. The summed E-state index contributed by atoms with van der Waals surface area (Å²) in [6.45, 7) is 4.87. The number of benzene rings is 3. The van der Waals surface area contributed by atoms with Crippen molar-refractivity contribution in [1.82, 2.24) is 0 Å². The van der Waals surface area contributed by atoms with Gasteiger partial charge in [-0.2, -0.15) is 5.26 Å². The molecule has 0 aromatic heterocycles. The predicted molar refractivity (Wildman–Crippen MR) is 129 cm³/mol. The minimum atomic E-state index is -0.479. The number of nitrogens with zero attached hydrogens (tertiary/aromatic N) is 2. The minimum Gasteiger partial charge on any atom is -0.494 e. The summed E-state index contributed by atoms with van der Waals surface area (Å²) in [6.07, 6.45) is 0. The van der Waals surface area contributed by atoms with E-state index in [4.69, 9.17) is 14.7 Å². The summed E-state index contributed by atoms with van der Waals surface area (Å²) in [6, 6.07) is 22.6. The topological polar surface area (TPSA) is 91.7 Å². The second kappa shape index (κ2) is 9.92. The van der Waals surface area contributed by atoms with Crippen molar-refractivity contribution in [2.45, 2.75) is 13.8 Å². The molecule has 34 heavy (non-hydrogen) atoms. The highest BCUT2D eigenvalue weighted by Gasteiger charge is 2.40. The van der Waals surface area contributed by atoms with Crippen molar-refractivity contribution < 1.29 is 19.1 Å². The van der Waals surface area contributed by atoms with Crippen LogP contribution in [0.2, 0.25) is 0 Å². The number of imide groups is 1. The van der Waals surface area contributed by atoms with Crippen LogP contribution < -0.4 is 19.7 Å². The van der Waals surface area contributed by atoms with Crippen molar-refractivity contribution >= 4 is 28.8 Å². The number of ether oxygens (including phenoxy) is 2. The van der Waals surface area contributed by atoms with Gasteiger partial charge in [0, 0.05) is 5.69 Å². The first-order chi connectivity index (χ1) is 16.5. The largest absolute Gasteiger partial charge is 0.494 e. The molecule has 0 radical (unpaired) electrons. The molecule has 0 atom stereocenters. The highest BCUT2D eigenvalue weighted by atomic mass is 16.5. The molecule has 3 aromatic rings. The molecule has 4 rings (SSSR count). The number of hydrogen-bond acceptors (Lipinski definition) is 6. The highest BCUT2D eigenvalue weighted by Crippen LogP contribution is 2.34. The highest BCUT2D eigenvalue weighted by molar-refractivity contribution is 6.46. The zero-order chi connectivity index (χ0) is 24.1. The lowest BCUT2D eigenvalue weighted by atomic mass is 10.0. The number of rotatable bonds is 8.